The van der Waals surface area contributed by atoms with Gasteiger partial charge in [-0.25, -0.2) is 0 Å². The van der Waals surface area contributed by atoms with Crippen molar-refractivity contribution in [2.45, 2.75) is 39.0 Å². The fourth-order valence-electron chi connectivity index (χ4n) is 3.11. The molecule has 1 aliphatic rings. The molecule has 1 aliphatic heterocycles. The van der Waals surface area contributed by atoms with Gasteiger partial charge in [-0.1, -0.05) is 31.2 Å². The molecule has 1 fully saturated rings. The number of thioether (sulfide) groups is 1. The van der Waals surface area contributed by atoms with Crippen molar-refractivity contribution in [1.82, 2.24) is 0 Å². The maximum Gasteiger partial charge on any atom is 0.238 e. The zero-order valence-corrected chi connectivity index (χ0v) is 16.2. The van der Waals surface area contributed by atoms with Crippen LogP contribution in [0.2, 0.25) is 0 Å². The minimum atomic E-state index is -0.0385. The fourth-order valence-corrected chi connectivity index (χ4v) is 4.28. The Morgan fingerprint density at radius 2 is 1.92 bits per heavy atom. The highest BCUT2D eigenvalue weighted by atomic mass is 32.2. The second-order valence-corrected chi connectivity index (χ2v) is 7.63. The van der Waals surface area contributed by atoms with Crippen LogP contribution in [0.5, 0.6) is 0 Å². The third-order valence-corrected chi connectivity index (χ3v) is 5.87. The number of amides is 2. The number of nitrogens with zero attached hydrogens (tertiary/aromatic N) is 1. The van der Waals surface area contributed by atoms with Crippen molar-refractivity contribution in [3.63, 3.8) is 0 Å². The first-order valence-electron chi connectivity index (χ1n) is 8.91. The van der Waals surface area contributed by atoms with E-state index in [1.807, 2.05) is 48.2 Å². The molecule has 1 N–H and O–H groups in total. The van der Waals surface area contributed by atoms with Gasteiger partial charge in [-0.05, 0) is 55.2 Å². The van der Waals surface area contributed by atoms with Gasteiger partial charge in [0.25, 0.3) is 0 Å². The highest BCUT2D eigenvalue weighted by Gasteiger charge is 2.34. The van der Waals surface area contributed by atoms with E-state index in [0.29, 0.717) is 12.2 Å². The maximum absolute atomic E-state index is 12.6. The van der Waals surface area contributed by atoms with Gasteiger partial charge in [0.2, 0.25) is 11.8 Å². The van der Waals surface area contributed by atoms with E-state index >= 15 is 0 Å². The van der Waals surface area contributed by atoms with Gasteiger partial charge in [0.15, 0.2) is 0 Å². The minimum absolute atomic E-state index is 0.0303. The zero-order chi connectivity index (χ0) is 18.7. The number of aryl methyl sites for hydroxylation is 1. The molecular weight excluding hydrogens is 344 g/mol. The van der Waals surface area contributed by atoms with Gasteiger partial charge in [0.1, 0.15) is 5.37 Å². The normalized spacial score (nSPS) is 16.8. The smallest absolute Gasteiger partial charge is 0.238 e. The summed E-state index contributed by atoms with van der Waals surface area (Å²) in [6, 6.07) is 13.9. The van der Waals surface area contributed by atoms with Gasteiger partial charge in [-0.15, -0.1) is 11.8 Å². The van der Waals surface area contributed by atoms with Crippen LogP contribution in [0, 0.1) is 13.8 Å². The largest absolute Gasteiger partial charge is 0.326 e. The van der Waals surface area contributed by atoms with Crippen LogP contribution in [-0.4, -0.2) is 17.6 Å². The van der Waals surface area contributed by atoms with Crippen molar-refractivity contribution in [1.29, 1.82) is 0 Å². The van der Waals surface area contributed by atoms with E-state index in [4.69, 9.17) is 0 Å². The fraction of sp³-hybridized carbons (Fsp3) is 0.333. The summed E-state index contributed by atoms with van der Waals surface area (Å²) in [6.07, 6.45) is 1.35. The predicted molar refractivity (Wildman–Crippen MR) is 109 cm³/mol. The number of carbonyl (C=O) groups is 2. The molecule has 0 radical (unpaired) electrons. The molecule has 5 heteroatoms. The highest BCUT2D eigenvalue weighted by molar-refractivity contribution is 8.00. The number of rotatable bonds is 5. The number of carbonyl (C=O) groups excluding carboxylic acids is 2. The monoisotopic (exact) mass is 368 g/mol. The molecule has 136 valence electrons. The molecule has 26 heavy (non-hydrogen) atoms. The summed E-state index contributed by atoms with van der Waals surface area (Å²) in [5.74, 6) is 0.643. The van der Waals surface area contributed by atoms with Gasteiger partial charge in [-0.3, -0.25) is 14.5 Å². The second kappa shape index (κ2) is 7.96. The van der Waals surface area contributed by atoms with E-state index < -0.39 is 0 Å². The van der Waals surface area contributed by atoms with E-state index in [0.717, 1.165) is 28.9 Å². The Hall–Kier alpha value is -2.27. The Morgan fingerprint density at radius 1 is 1.19 bits per heavy atom. The zero-order valence-electron chi connectivity index (χ0n) is 15.4. The van der Waals surface area contributed by atoms with Crippen LogP contribution < -0.4 is 10.2 Å². The van der Waals surface area contributed by atoms with Crippen molar-refractivity contribution in [3.8, 4) is 0 Å². The van der Waals surface area contributed by atoms with Crippen molar-refractivity contribution in [3.05, 3.63) is 59.2 Å². The lowest BCUT2D eigenvalue weighted by Gasteiger charge is -2.26. The lowest BCUT2D eigenvalue weighted by atomic mass is 10.1. The molecule has 2 aromatic carbocycles. The summed E-state index contributed by atoms with van der Waals surface area (Å²) >= 11 is 1.64. The van der Waals surface area contributed by atoms with Crippen LogP contribution in [0.3, 0.4) is 0 Å². The Kier molecular flexibility index (Phi) is 5.67. The Balaban J connectivity index is 1.84. The Labute approximate surface area is 159 Å². The lowest BCUT2D eigenvalue weighted by molar-refractivity contribution is -0.116. The molecule has 1 atom stereocenters. The van der Waals surface area contributed by atoms with Crippen LogP contribution >= 0.6 is 11.8 Å². The van der Waals surface area contributed by atoms with Crippen molar-refractivity contribution < 1.29 is 9.59 Å². The molecule has 2 aromatic rings. The second-order valence-electron chi connectivity index (χ2n) is 6.57. The van der Waals surface area contributed by atoms with Crippen molar-refractivity contribution in [2.75, 3.05) is 16.0 Å². The van der Waals surface area contributed by atoms with E-state index in [9.17, 15) is 9.59 Å². The van der Waals surface area contributed by atoms with Crippen LogP contribution in [-0.2, 0) is 9.59 Å². The summed E-state index contributed by atoms with van der Waals surface area (Å²) in [7, 11) is 0. The molecule has 0 bridgehead atoms. The summed E-state index contributed by atoms with van der Waals surface area (Å²) < 4.78 is 0. The molecule has 1 saturated heterocycles. The summed E-state index contributed by atoms with van der Waals surface area (Å²) in [6.45, 7) is 6.11. The van der Waals surface area contributed by atoms with Gasteiger partial charge in [-0.2, -0.15) is 0 Å². The first-order valence-corrected chi connectivity index (χ1v) is 9.96. The quantitative estimate of drug-likeness (QED) is 0.823. The highest BCUT2D eigenvalue weighted by Crippen LogP contribution is 2.43. The van der Waals surface area contributed by atoms with E-state index in [-0.39, 0.29) is 17.2 Å². The third-order valence-electron chi connectivity index (χ3n) is 4.66. The Bertz CT molecular complexity index is 817. The van der Waals surface area contributed by atoms with Gasteiger partial charge in [0.05, 0.1) is 5.75 Å². The molecule has 3 rings (SSSR count). The first kappa shape index (κ1) is 18.5. The molecule has 0 aromatic heterocycles. The standard InChI is InChI=1S/C21H24N2O2S/c1-4-6-19(24)22-17-11-9-16(10-12-17)21-23(20(25)13-26-21)18-8-5-7-14(2)15(18)3/h5,7-12,21H,4,6,13H2,1-3H3,(H,22,24)/t21-/m1/s1. The van der Waals surface area contributed by atoms with Crippen molar-refractivity contribution >= 4 is 35.0 Å². The average molecular weight is 369 g/mol. The minimum Gasteiger partial charge on any atom is -0.326 e. The molecular formula is C21H24N2O2S. The van der Waals surface area contributed by atoms with Gasteiger partial charge >= 0.3 is 0 Å². The van der Waals surface area contributed by atoms with Gasteiger partial charge in [0, 0.05) is 17.8 Å². The third kappa shape index (κ3) is 3.78. The van der Waals surface area contributed by atoms with Crippen LogP contribution in [0.15, 0.2) is 42.5 Å². The molecule has 0 aliphatic carbocycles. The average Bonchev–Trinajstić information content (AvgIpc) is 3.00. The molecule has 4 nitrogen and oxygen atoms in total. The van der Waals surface area contributed by atoms with Crippen LogP contribution in [0.1, 0.15) is 41.8 Å². The molecule has 1 heterocycles. The van der Waals surface area contributed by atoms with E-state index in [1.54, 1.807) is 11.8 Å². The number of anilines is 2. The number of benzene rings is 2. The van der Waals surface area contributed by atoms with Crippen LogP contribution in [0.4, 0.5) is 11.4 Å². The van der Waals surface area contributed by atoms with Crippen LogP contribution in [0.25, 0.3) is 0 Å². The van der Waals surface area contributed by atoms with Gasteiger partial charge < -0.3 is 5.32 Å². The molecule has 2 amide bonds. The molecule has 0 unspecified atom stereocenters. The molecule has 0 saturated carbocycles. The summed E-state index contributed by atoms with van der Waals surface area (Å²) in [5, 5.41) is 2.86. The molecule has 0 spiro atoms. The summed E-state index contributed by atoms with van der Waals surface area (Å²) in [5.41, 5.74) is 5.15. The first-order chi connectivity index (χ1) is 12.5. The summed E-state index contributed by atoms with van der Waals surface area (Å²) in [4.78, 5) is 26.2. The van der Waals surface area contributed by atoms with Crippen molar-refractivity contribution in [2.24, 2.45) is 0 Å². The predicted octanol–water partition coefficient (Wildman–Crippen LogP) is 4.82. The number of hydrogen-bond acceptors (Lipinski definition) is 3. The van der Waals surface area contributed by atoms with E-state index in [1.165, 1.54) is 5.56 Å². The lowest BCUT2D eigenvalue weighted by Crippen LogP contribution is -2.28. The maximum atomic E-state index is 12.6. The Morgan fingerprint density at radius 3 is 2.62 bits per heavy atom. The number of hydrogen-bond donors (Lipinski definition) is 1. The topological polar surface area (TPSA) is 49.4 Å². The van der Waals surface area contributed by atoms with E-state index in [2.05, 4.69) is 25.2 Å². The SMILES string of the molecule is CCCC(=O)Nc1ccc([C@H]2SCC(=O)N2c2cccc(C)c2C)cc1. The number of nitrogens with one attached hydrogen (secondary N) is 1.